The Hall–Kier alpha value is -1.29. The highest BCUT2D eigenvalue weighted by Gasteiger charge is 2.48. The molecule has 2 aromatic rings. The lowest BCUT2D eigenvalue weighted by atomic mass is 9.96. The Labute approximate surface area is 152 Å². The average molecular weight is 470 g/mol. The highest BCUT2D eigenvalue weighted by molar-refractivity contribution is 14.1. The van der Waals surface area contributed by atoms with Crippen LogP contribution in [0.1, 0.15) is 22.3 Å². The summed E-state index contributed by atoms with van der Waals surface area (Å²) in [6.45, 7) is 3.43. The van der Waals surface area contributed by atoms with Gasteiger partial charge in [0.2, 0.25) is 0 Å². The van der Waals surface area contributed by atoms with Gasteiger partial charge in [0.25, 0.3) is 0 Å². The van der Waals surface area contributed by atoms with Crippen LogP contribution in [-0.2, 0) is 16.5 Å². The Bertz CT molecular complexity index is 838. The van der Waals surface area contributed by atoms with Crippen molar-refractivity contribution in [3.05, 3.63) is 62.2 Å². The second-order valence-electron chi connectivity index (χ2n) is 5.29. The molecule has 0 fully saturated rings. The molecule has 2 rings (SSSR count). The van der Waals surface area contributed by atoms with Crippen LogP contribution in [-0.4, -0.2) is 13.9 Å². The molecule has 24 heavy (non-hydrogen) atoms. The van der Waals surface area contributed by atoms with Crippen LogP contribution in [0.3, 0.4) is 0 Å². The van der Waals surface area contributed by atoms with Crippen molar-refractivity contribution in [1.29, 1.82) is 0 Å². The van der Waals surface area contributed by atoms with Crippen LogP contribution in [0.4, 0.5) is 13.2 Å². The SMILES string of the molecule is Cc1cc(OS(=O)(=O)C(F)(F)F)cc(C)c1Cc1ccccc1I. The predicted molar refractivity (Wildman–Crippen MR) is 93.5 cm³/mol. The molecule has 0 saturated carbocycles. The smallest absolute Gasteiger partial charge is 0.376 e. The lowest BCUT2D eigenvalue weighted by Gasteiger charge is -2.15. The van der Waals surface area contributed by atoms with Crippen LogP contribution in [0.2, 0.25) is 0 Å². The highest BCUT2D eigenvalue weighted by atomic mass is 127. The van der Waals surface area contributed by atoms with Crippen LogP contribution < -0.4 is 4.18 Å². The van der Waals surface area contributed by atoms with Gasteiger partial charge in [-0.1, -0.05) is 18.2 Å². The highest BCUT2D eigenvalue weighted by Crippen LogP contribution is 2.30. The average Bonchev–Trinajstić information content (AvgIpc) is 2.43. The molecule has 0 aliphatic rings. The molecule has 0 amide bonds. The number of alkyl halides is 3. The molecule has 8 heteroatoms. The first-order valence-electron chi connectivity index (χ1n) is 6.85. The van der Waals surface area contributed by atoms with Crippen molar-refractivity contribution in [1.82, 2.24) is 0 Å². The van der Waals surface area contributed by atoms with E-state index < -0.39 is 15.6 Å². The van der Waals surface area contributed by atoms with Crippen LogP contribution in [0.25, 0.3) is 0 Å². The van der Waals surface area contributed by atoms with E-state index in [-0.39, 0.29) is 5.75 Å². The maximum atomic E-state index is 12.4. The molecular weight excluding hydrogens is 456 g/mol. The summed E-state index contributed by atoms with van der Waals surface area (Å²) in [5.74, 6) is -0.339. The maximum absolute atomic E-state index is 12.4. The molecule has 0 bridgehead atoms. The number of hydrogen-bond donors (Lipinski definition) is 0. The Morgan fingerprint density at radius 2 is 1.62 bits per heavy atom. The molecule has 0 aliphatic carbocycles. The number of halogens is 4. The summed E-state index contributed by atoms with van der Waals surface area (Å²) >= 11 is 2.21. The summed E-state index contributed by atoms with van der Waals surface area (Å²) in [6, 6.07) is 10.4. The van der Waals surface area contributed by atoms with Crippen LogP contribution in [0.15, 0.2) is 36.4 Å². The van der Waals surface area contributed by atoms with Gasteiger partial charge in [0.05, 0.1) is 0 Å². The second kappa shape index (κ2) is 6.91. The number of rotatable bonds is 4. The Morgan fingerprint density at radius 1 is 1.08 bits per heavy atom. The molecule has 130 valence electrons. The van der Waals surface area contributed by atoms with Gasteiger partial charge in [-0.25, -0.2) is 0 Å². The third-order valence-corrected chi connectivity index (χ3v) is 5.52. The summed E-state index contributed by atoms with van der Waals surface area (Å²) in [5.41, 5.74) is -2.10. The normalized spacial score (nSPS) is 12.2. The van der Waals surface area contributed by atoms with Gasteiger partial charge in [0.15, 0.2) is 0 Å². The van der Waals surface area contributed by atoms with Gasteiger partial charge in [-0.2, -0.15) is 21.6 Å². The number of aryl methyl sites for hydroxylation is 2. The molecule has 0 aliphatic heterocycles. The van der Waals surface area contributed by atoms with Gasteiger partial charge in [0, 0.05) is 3.57 Å². The topological polar surface area (TPSA) is 43.4 Å². The fourth-order valence-corrected chi connectivity index (χ4v) is 3.31. The lowest BCUT2D eigenvalue weighted by molar-refractivity contribution is -0.0500. The zero-order valence-corrected chi connectivity index (χ0v) is 15.8. The third kappa shape index (κ3) is 4.21. The predicted octanol–water partition coefficient (Wildman–Crippen LogP) is 4.73. The number of hydrogen-bond acceptors (Lipinski definition) is 3. The van der Waals surface area contributed by atoms with E-state index in [4.69, 9.17) is 0 Å². The molecule has 0 saturated heterocycles. The second-order valence-corrected chi connectivity index (χ2v) is 7.99. The summed E-state index contributed by atoms with van der Waals surface area (Å²) in [5, 5.41) is 0. The number of benzene rings is 2. The molecule has 2 aromatic carbocycles. The van der Waals surface area contributed by atoms with Crippen molar-refractivity contribution in [2.45, 2.75) is 25.8 Å². The molecule has 3 nitrogen and oxygen atoms in total. The monoisotopic (exact) mass is 470 g/mol. The summed E-state index contributed by atoms with van der Waals surface area (Å²) in [6.07, 6.45) is 0.600. The molecule has 0 aromatic heterocycles. The standard InChI is InChI=1S/C16H14F3IO3S/c1-10-7-13(23-24(21,22)16(17,18)19)8-11(2)14(10)9-12-5-3-4-6-15(12)20/h3-8H,9H2,1-2H3. The fourth-order valence-electron chi connectivity index (χ4n) is 2.29. The largest absolute Gasteiger partial charge is 0.534 e. The van der Waals surface area contributed by atoms with E-state index in [0.29, 0.717) is 17.5 Å². The van der Waals surface area contributed by atoms with Crippen molar-refractivity contribution in [2.75, 3.05) is 0 Å². The van der Waals surface area contributed by atoms with Gasteiger partial charge >= 0.3 is 15.6 Å². The molecular formula is C16H14F3IO3S. The van der Waals surface area contributed by atoms with Crippen molar-refractivity contribution < 1.29 is 25.8 Å². The van der Waals surface area contributed by atoms with E-state index in [1.165, 1.54) is 12.1 Å². The van der Waals surface area contributed by atoms with E-state index in [1.54, 1.807) is 13.8 Å². The van der Waals surface area contributed by atoms with Gasteiger partial charge in [-0.3, -0.25) is 0 Å². The van der Waals surface area contributed by atoms with E-state index in [2.05, 4.69) is 26.8 Å². The van der Waals surface area contributed by atoms with Gasteiger partial charge in [-0.05, 0) is 83.3 Å². The first kappa shape index (κ1) is 19.0. The van der Waals surface area contributed by atoms with E-state index in [1.807, 2.05) is 24.3 Å². The summed E-state index contributed by atoms with van der Waals surface area (Å²) in [4.78, 5) is 0. The maximum Gasteiger partial charge on any atom is 0.534 e. The minimum Gasteiger partial charge on any atom is -0.376 e. The zero-order chi connectivity index (χ0) is 18.1. The first-order valence-corrected chi connectivity index (χ1v) is 9.34. The first-order chi connectivity index (χ1) is 11.0. The van der Waals surface area contributed by atoms with Crippen LogP contribution in [0, 0.1) is 17.4 Å². The summed E-state index contributed by atoms with van der Waals surface area (Å²) in [7, 11) is -5.66. The Kier molecular flexibility index (Phi) is 5.48. The van der Waals surface area contributed by atoms with E-state index in [0.717, 1.165) is 14.7 Å². The van der Waals surface area contributed by atoms with Crippen LogP contribution >= 0.6 is 22.6 Å². The van der Waals surface area contributed by atoms with Crippen molar-refractivity contribution >= 4 is 32.7 Å². The van der Waals surface area contributed by atoms with E-state index in [9.17, 15) is 21.6 Å². The van der Waals surface area contributed by atoms with E-state index >= 15 is 0 Å². The van der Waals surface area contributed by atoms with Crippen molar-refractivity contribution in [2.24, 2.45) is 0 Å². The molecule has 0 atom stereocenters. The van der Waals surface area contributed by atoms with Crippen molar-refractivity contribution in [3.8, 4) is 5.75 Å². The molecule has 0 unspecified atom stereocenters. The summed E-state index contributed by atoms with van der Waals surface area (Å²) < 4.78 is 64.8. The molecule has 0 N–H and O–H groups in total. The third-order valence-electron chi connectivity index (χ3n) is 3.48. The van der Waals surface area contributed by atoms with Crippen molar-refractivity contribution in [3.63, 3.8) is 0 Å². The lowest BCUT2D eigenvalue weighted by Crippen LogP contribution is -2.28. The molecule has 0 heterocycles. The Morgan fingerprint density at radius 3 is 2.12 bits per heavy atom. The minimum atomic E-state index is -5.66. The molecule has 0 radical (unpaired) electrons. The van der Waals surface area contributed by atoms with Crippen LogP contribution in [0.5, 0.6) is 5.75 Å². The Balaban J connectivity index is 2.34. The van der Waals surface area contributed by atoms with Gasteiger partial charge in [-0.15, -0.1) is 0 Å². The van der Waals surface area contributed by atoms with Gasteiger partial charge < -0.3 is 4.18 Å². The minimum absolute atomic E-state index is 0.339. The zero-order valence-electron chi connectivity index (χ0n) is 12.8. The fraction of sp³-hybridized carbons (Fsp3) is 0.250. The quantitative estimate of drug-likeness (QED) is 0.369. The molecule has 0 spiro atoms. The van der Waals surface area contributed by atoms with Gasteiger partial charge in [0.1, 0.15) is 5.75 Å².